The van der Waals surface area contributed by atoms with Crippen LogP contribution in [-0.2, 0) is 4.74 Å². The van der Waals surface area contributed by atoms with E-state index in [-0.39, 0.29) is 0 Å². The molecular weight excluding hydrogens is 300 g/mol. The van der Waals surface area contributed by atoms with Crippen LogP contribution in [0.2, 0.25) is 0 Å². The van der Waals surface area contributed by atoms with Gasteiger partial charge >= 0.3 is 0 Å². The van der Waals surface area contributed by atoms with Gasteiger partial charge in [-0.05, 0) is 30.0 Å². The van der Waals surface area contributed by atoms with E-state index in [9.17, 15) is 20.4 Å². The lowest BCUT2D eigenvalue weighted by molar-refractivity contribution is -0.231. The summed E-state index contributed by atoms with van der Waals surface area (Å²) in [5.74, 6) is 1.29. The molecule has 1 aliphatic rings. The number of ether oxygens (including phenoxy) is 2. The van der Waals surface area contributed by atoms with Crippen LogP contribution < -0.4 is 4.74 Å². The Hall–Kier alpha value is -1.18. The van der Waals surface area contributed by atoms with Crippen LogP contribution in [0.1, 0.15) is 31.9 Å². The van der Waals surface area contributed by atoms with Gasteiger partial charge in [-0.3, -0.25) is 0 Å². The molecule has 0 radical (unpaired) electrons. The highest BCUT2D eigenvalue weighted by atomic mass is 16.5. The summed E-state index contributed by atoms with van der Waals surface area (Å²) in [6, 6.07) is 7.04. The zero-order valence-electron chi connectivity index (χ0n) is 13.5. The molecule has 1 saturated heterocycles. The molecule has 1 aliphatic heterocycles. The summed E-state index contributed by atoms with van der Waals surface area (Å²) < 4.78 is 11.2. The van der Waals surface area contributed by atoms with Gasteiger partial charge in [-0.1, -0.05) is 26.0 Å². The smallest absolute Gasteiger partial charge is 0.119 e. The summed E-state index contributed by atoms with van der Waals surface area (Å²) in [7, 11) is 0. The fourth-order valence-electron chi connectivity index (χ4n) is 2.54. The molecule has 6 heteroatoms. The Balaban J connectivity index is 2.03. The molecule has 0 spiro atoms. The van der Waals surface area contributed by atoms with Gasteiger partial charge in [-0.2, -0.15) is 0 Å². The molecule has 0 aliphatic carbocycles. The van der Waals surface area contributed by atoms with Crippen LogP contribution >= 0.6 is 0 Å². The van der Waals surface area contributed by atoms with Crippen molar-refractivity contribution in [3.63, 3.8) is 0 Å². The summed E-state index contributed by atoms with van der Waals surface area (Å²) in [6.07, 6.45) is -4.72. The fourth-order valence-corrected chi connectivity index (χ4v) is 2.54. The quantitative estimate of drug-likeness (QED) is 0.612. The zero-order valence-corrected chi connectivity index (χ0v) is 13.5. The number of aliphatic hydroxyl groups is 4. The Morgan fingerprint density at radius 1 is 1.04 bits per heavy atom. The minimum absolute atomic E-state index is 0.433. The van der Waals surface area contributed by atoms with E-state index in [2.05, 4.69) is 13.8 Å². The Bertz CT molecular complexity index is 472. The van der Waals surface area contributed by atoms with Crippen LogP contribution in [0.4, 0.5) is 0 Å². The van der Waals surface area contributed by atoms with Crippen LogP contribution in [0.5, 0.6) is 5.75 Å². The fraction of sp³-hybridized carbons (Fsp3) is 0.647. The summed E-state index contributed by atoms with van der Waals surface area (Å²) >= 11 is 0. The van der Waals surface area contributed by atoms with E-state index in [0.717, 1.165) is 12.2 Å². The molecule has 0 amide bonds. The largest absolute Gasteiger partial charge is 0.494 e. The van der Waals surface area contributed by atoms with Crippen LogP contribution in [-0.4, -0.2) is 58.1 Å². The lowest BCUT2D eigenvalue weighted by Gasteiger charge is -2.40. The van der Waals surface area contributed by atoms with Crippen molar-refractivity contribution in [3.8, 4) is 5.75 Å². The number of hydrogen-bond donors (Lipinski definition) is 4. The van der Waals surface area contributed by atoms with Crippen molar-refractivity contribution in [2.75, 3.05) is 13.2 Å². The maximum Gasteiger partial charge on any atom is 0.119 e. The predicted molar refractivity (Wildman–Crippen MR) is 84.1 cm³/mol. The molecule has 4 N–H and O–H groups in total. The molecule has 0 aromatic heterocycles. The summed E-state index contributed by atoms with van der Waals surface area (Å²) in [5.41, 5.74) is 0.651. The third kappa shape index (κ3) is 4.43. The van der Waals surface area contributed by atoms with E-state index >= 15 is 0 Å². The SMILES string of the molecule is CC(C)CCOc1ccc(C2OC(CO)C(O)C(O)C2O)cc1. The highest BCUT2D eigenvalue weighted by Gasteiger charge is 2.43. The van der Waals surface area contributed by atoms with Gasteiger partial charge in [0.1, 0.15) is 36.3 Å². The Morgan fingerprint density at radius 3 is 2.26 bits per heavy atom. The van der Waals surface area contributed by atoms with Crippen LogP contribution in [0.3, 0.4) is 0 Å². The standard InChI is InChI=1S/C17H26O6/c1-10(2)7-8-22-12-5-3-11(4-6-12)17-16(21)15(20)14(19)13(9-18)23-17/h3-6,10,13-21H,7-9H2,1-2H3. The van der Waals surface area contributed by atoms with Gasteiger partial charge < -0.3 is 29.9 Å². The topological polar surface area (TPSA) is 99.4 Å². The van der Waals surface area contributed by atoms with Crippen LogP contribution in [0, 0.1) is 5.92 Å². The molecular formula is C17H26O6. The number of rotatable bonds is 6. The molecule has 1 aromatic carbocycles. The monoisotopic (exact) mass is 326 g/mol. The van der Waals surface area contributed by atoms with Gasteiger partial charge in [0, 0.05) is 0 Å². The van der Waals surface area contributed by atoms with E-state index in [0.29, 0.717) is 18.1 Å². The first kappa shape index (κ1) is 18.2. The lowest BCUT2D eigenvalue weighted by atomic mass is 9.91. The van der Waals surface area contributed by atoms with E-state index in [1.807, 2.05) is 0 Å². The predicted octanol–water partition coefficient (Wildman–Crippen LogP) is 0.626. The average molecular weight is 326 g/mol. The van der Waals surface area contributed by atoms with Crippen molar-refractivity contribution < 1.29 is 29.9 Å². The van der Waals surface area contributed by atoms with Gasteiger partial charge in [0.05, 0.1) is 13.2 Å². The Morgan fingerprint density at radius 2 is 1.70 bits per heavy atom. The summed E-state index contributed by atoms with van der Waals surface area (Å²) in [5, 5.41) is 38.9. The van der Waals surface area contributed by atoms with Crippen molar-refractivity contribution >= 4 is 0 Å². The van der Waals surface area contributed by atoms with Crippen molar-refractivity contribution in [1.82, 2.24) is 0 Å². The second-order valence-electron chi connectivity index (χ2n) is 6.35. The molecule has 0 saturated carbocycles. The van der Waals surface area contributed by atoms with Gasteiger partial charge in [-0.15, -0.1) is 0 Å². The molecule has 130 valence electrons. The van der Waals surface area contributed by atoms with Gasteiger partial charge in [-0.25, -0.2) is 0 Å². The molecule has 1 heterocycles. The van der Waals surface area contributed by atoms with Crippen molar-refractivity contribution in [3.05, 3.63) is 29.8 Å². The number of hydrogen-bond acceptors (Lipinski definition) is 6. The molecule has 5 unspecified atom stereocenters. The maximum atomic E-state index is 10.1. The maximum absolute atomic E-state index is 10.1. The molecule has 0 bridgehead atoms. The van der Waals surface area contributed by atoms with Crippen LogP contribution in [0.15, 0.2) is 24.3 Å². The minimum Gasteiger partial charge on any atom is -0.494 e. The second-order valence-corrected chi connectivity index (χ2v) is 6.35. The lowest BCUT2D eigenvalue weighted by Crippen LogP contribution is -2.55. The van der Waals surface area contributed by atoms with E-state index in [1.165, 1.54) is 0 Å². The van der Waals surface area contributed by atoms with E-state index < -0.39 is 37.1 Å². The average Bonchev–Trinajstić information content (AvgIpc) is 2.54. The van der Waals surface area contributed by atoms with Gasteiger partial charge in [0.25, 0.3) is 0 Å². The third-order valence-corrected chi connectivity index (χ3v) is 4.06. The minimum atomic E-state index is -1.37. The van der Waals surface area contributed by atoms with E-state index in [1.54, 1.807) is 24.3 Å². The normalized spacial score (nSPS) is 31.3. The molecule has 1 aromatic rings. The number of benzene rings is 1. The van der Waals surface area contributed by atoms with E-state index in [4.69, 9.17) is 9.47 Å². The van der Waals surface area contributed by atoms with Crippen molar-refractivity contribution in [1.29, 1.82) is 0 Å². The first-order valence-corrected chi connectivity index (χ1v) is 7.97. The third-order valence-electron chi connectivity index (χ3n) is 4.06. The molecule has 6 nitrogen and oxygen atoms in total. The second kappa shape index (κ2) is 8.08. The van der Waals surface area contributed by atoms with Gasteiger partial charge in [0.2, 0.25) is 0 Å². The Kier molecular flexibility index (Phi) is 6.38. The molecule has 5 atom stereocenters. The van der Waals surface area contributed by atoms with Crippen molar-refractivity contribution in [2.45, 2.75) is 50.8 Å². The van der Waals surface area contributed by atoms with Crippen molar-refractivity contribution in [2.24, 2.45) is 5.92 Å². The highest BCUT2D eigenvalue weighted by Crippen LogP contribution is 2.33. The van der Waals surface area contributed by atoms with Crippen LogP contribution in [0.25, 0.3) is 0 Å². The number of aliphatic hydroxyl groups excluding tert-OH is 4. The molecule has 2 rings (SSSR count). The summed E-state index contributed by atoms with van der Waals surface area (Å²) in [4.78, 5) is 0. The summed E-state index contributed by atoms with van der Waals surface area (Å²) in [6.45, 7) is 4.46. The first-order valence-electron chi connectivity index (χ1n) is 7.97. The highest BCUT2D eigenvalue weighted by molar-refractivity contribution is 5.29. The van der Waals surface area contributed by atoms with Gasteiger partial charge in [0.15, 0.2) is 0 Å². The first-order chi connectivity index (χ1) is 10.9. The molecule has 1 fully saturated rings. The Labute approximate surface area is 136 Å². The zero-order chi connectivity index (χ0) is 17.0. The molecule has 23 heavy (non-hydrogen) atoms.